The van der Waals surface area contributed by atoms with E-state index >= 15 is 0 Å². The first-order valence-electron chi connectivity index (χ1n) is 6.04. The van der Waals surface area contributed by atoms with Gasteiger partial charge in [-0.1, -0.05) is 13.8 Å². The van der Waals surface area contributed by atoms with Gasteiger partial charge in [-0.15, -0.1) is 0 Å². The van der Waals surface area contributed by atoms with Gasteiger partial charge < -0.3 is 19.5 Å². The summed E-state index contributed by atoms with van der Waals surface area (Å²) in [5.74, 6) is -0.272. The number of methoxy groups -OCH3 is 1. The van der Waals surface area contributed by atoms with Crippen LogP contribution in [0.2, 0.25) is 0 Å². The van der Waals surface area contributed by atoms with E-state index in [9.17, 15) is 4.79 Å². The third-order valence-corrected chi connectivity index (χ3v) is 2.05. The Morgan fingerprint density at radius 2 is 1.88 bits per heavy atom. The Balaban J connectivity index is 4.14. The summed E-state index contributed by atoms with van der Waals surface area (Å²) in [6.45, 7) is 8.83. The van der Waals surface area contributed by atoms with Crippen LogP contribution in [0.4, 0.5) is 0 Å². The maximum absolute atomic E-state index is 11.7. The van der Waals surface area contributed by atoms with Crippen molar-refractivity contribution in [3.05, 3.63) is 0 Å². The molecule has 0 bridgehead atoms. The fraction of sp³-hybridized carbons (Fsp3) is 0.917. The number of carbonyl (C=O) groups excluding carboxylic acids is 1. The molecular formula is C12H25NO4. The van der Waals surface area contributed by atoms with Crippen molar-refractivity contribution in [1.82, 2.24) is 5.32 Å². The van der Waals surface area contributed by atoms with E-state index in [1.807, 2.05) is 20.8 Å². The molecule has 0 aromatic carbocycles. The fourth-order valence-electron chi connectivity index (χ4n) is 1.37. The van der Waals surface area contributed by atoms with Gasteiger partial charge in [0.1, 0.15) is 6.04 Å². The maximum atomic E-state index is 11.7. The predicted molar refractivity (Wildman–Crippen MR) is 66.0 cm³/mol. The second-order valence-corrected chi connectivity index (χ2v) is 4.23. The second-order valence-electron chi connectivity index (χ2n) is 4.23. The number of ether oxygens (including phenoxy) is 3. The minimum Gasteiger partial charge on any atom is -0.465 e. The lowest BCUT2D eigenvalue weighted by molar-refractivity contribution is -0.148. The Kier molecular flexibility index (Phi) is 9.03. The van der Waals surface area contributed by atoms with Gasteiger partial charge in [-0.3, -0.25) is 4.79 Å². The molecule has 0 aliphatic carbocycles. The van der Waals surface area contributed by atoms with Gasteiger partial charge in [0.25, 0.3) is 0 Å². The number of carbonyl (C=O) groups is 1. The highest BCUT2D eigenvalue weighted by Crippen LogP contribution is 1.98. The molecule has 0 amide bonds. The molecule has 0 saturated heterocycles. The molecular weight excluding hydrogens is 222 g/mol. The van der Waals surface area contributed by atoms with Gasteiger partial charge in [-0.05, 0) is 13.8 Å². The number of hydrogen-bond donors (Lipinski definition) is 1. The van der Waals surface area contributed by atoms with Gasteiger partial charge in [0.15, 0.2) is 0 Å². The van der Waals surface area contributed by atoms with Crippen LogP contribution in [0.3, 0.4) is 0 Å². The lowest BCUT2D eigenvalue weighted by Gasteiger charge is -2.21. The molecule has 17 heavy (non-hydrogen) atoms. The van der Waals surface area contributed by atoms with E-state index < -0.39 is 6.04 Å². The quantitative estimate of drug-likeness (QED) is 0.615. The van der Waals surface area contributed by atoms with Crippen molar-refractivity contribution in [2.75, 3.05) is 26.9 Å². The van der Waals surface area contributed by atoms with Crippen LogP contribution < -0.4 is 5.32 Å². The molecule has 1 N–H and O–H groups in total. The molecule has 5 heteroatoms. The highest BCUT2D eigenvalue weighted by atomic mass is 16.5. The molecule has 0 heterocycles. The number of esters is 1. The molecule has 0 spiro atoms. The summed E-state index contributed by atoms with van der Waals surface area (Å²) in [6.07, 6.45) is -0.0362. The Morgan fingerprint density at radius 3 is 2.35 bits per heavy atom. The molecule has 102 valence electrons. The average molecular weight is 247 g/mol. The largest absolute Gasteiger partial charge is 0.465 e. The van der Waals surface area contributed by atoms with E-state index in [0.29, 0.717) is 19.8 Å². The number of hydrogen-bond acceptors (Lipinski definition) is 5. The standard InChI is InChI=1S/C12H25NO4/c1-6-16-12(14)11(13-9(2)3)8-17-10(4)7-15-5/h9-11,13H,6-8H2,1-5H3. The summed E-state index contributed by atoms with van der Waals surface area (Å²) in [4.78, 5) is 11.7. The molecule has 0 aliphatic heterocycles. The van der Waals surface area contributed by atoms with Gasteiger partial charge in [-0.25, -0.2) is 0 Å². The number of nitrogens with one attached hydrogen (secondary N) is 1. The summed E-state index contributed by atoms with van der Waals surface area (Å²) in [5, 5.41) is 3.12. The van der Waals surface area contributed by atoms with Crippen LogP contribution >= 0.6 is 0 Å². The van der Waals surface area contributed by atoms with Crippen LogP contribution in [0.5, 0.6) is 0 Å². The fourth-order valence-corrected chi connectivity index (χ4v) is 1.37. The summed E-state index contributed by atoms with van der Waals surface area (Å²) in [5.41, 5.74) is 0. The normalized spacial score (nSPS) is 14.7. The summed E-state index contributed by atoms with van der Waals surface area (Å²) >= 11 is 0. The Morgan fingerprint density at radius 1 is 1.24 bits per heavy atom. The predicted octanol–water partition coefficient (Wildman–Crippen LogP) is 0.968. The van der Waals surface area contributed by atoms with Crippen molar-refractivity contribution in [3.8, 4) is 0 Å². The van der Waals surface area contributed by atoms with Crippen molar-refractivity contribution in [2.45, 2.75) is 45.9 Å². The zero-order valence-electron chi connectivity index (χ0n) is 11.5. The maximum Gasteiger partial charge on any atom is 0.325 e. The minimum absolute atomic E-state index is 0.0362. The zero-order chi connectivity index (χ0) is 13.3. The van der Waals surface area contributed by atoms with Crippen LogP contribution in [0.25, 0.3) is 0 Å². The highest BCUT2D eigenvalue weighted by Gasteiger charge is 2.21. The molecule has 2 atom stereocenters. The van der Waals surface area contributed by atoms with E-state index in [-0.39, 0.29) is 18.1 Å². The first-order valence-corrected chi connectivity index (χ1v) is 6.04. The van der Waals surface area contributed by atoms with Gasteiger partial charge in [-0.2, -0.15) is 0 Å². The van der Waals surface area contributed by atoms with Gasteiger partial charge in [0.05, 0.1) is 25.9 Å². The van der Waals surface area contributed by atoms with Crippen molar-refractivity contribution in [1.29, 1.82) is 0 Å². The Labute approximate surface area is 104 Å². The van der Waals surface area contributed by atoms with E-state index in [1.54, 1.807) is 14.0 Å². The third-order valence-electron chi connectivity index (χ3n) is 2.05. The van der Waals surface area contributed by atoms with Crippen LogP contribution in [0.15, 0.2) is 0 Å². The molecule has 0 saturated carbocycles. The van der Waals surface area contributed by atoms with E-state index in [1.165, 1.54) is 0 Å². The third kappa shape index (κ3) is 8.12. The second kappa shape index (κ2) is 9.39. The molecule has 0 aromatic heterocycles. The molecule has 5 nitrogen and oxygen atoms in total. The SMILES string of the molecule is CCOC(=O)C(COC(C)COC)NC(C)C. The summed E-state index contributed by atoms with van der Waals surface area (Å²) in [6, 6.07) is -0.222. The van der Waals surface area contributed by atoms with Gasteiger partial charge >= 0.3 is 5.97 Å². The molecule has 0 aromatic rings. The van der Waals surface area contributed by atoms with E-state index in [0.717, 1.165) is 0 Å². The summed E-state index contributed by atoms with van der Waals surface area (Å²) in [7, 11) is 1.62. The number of rotatable bonds is 9. The minimum atomic E-state index is -0.422. The van der Waals surface area contributed by atoms with Crippen molar-refractivity contribution < 1.29 is 19.0 Å². The lowest BCUT2D eigenvalue weighted by atomic mass is 10.2. The molecule has 2 unspecified atom stereocenters. The van der Waals surface area contributed by atoms with E-state index in [2.05, 4.69) is 5.32 Å². The lowest BCUT2D eigenvalue weighted by Crippen LogP contribution is -2.45. The van der Waals surface area contributed by atoms with Gasteiger partial charge in [0, 0.05) is 13.2 Å². The zero-order valence-corrected chi connectivity index (χ0v) is 11.5. The van der Waals surface area contributed by atoms with Crippen LogP contribution in [-0.4, -0.2) is 51.1 Å². The van der Waals surface area contributed by atoms with Crippen LogP contribution in [0, 0.1) is 0 Å². The first-order chi connectivity index (χ1) is 8.01. The smallest absolute Gasteiger partial charge is 0.325 e. The topological polar surface area (TPSA) is 56.8 Å². The molecule has 0 rings (SSSR count). The van der Waals surface area contributed by atoms with Crippen molar-refractivity contribution in [3.63, 3.8) is 0 Å². The van der Waals surface area contributed by atoms with Crippen molar-refractivity contribution >= 4 is 5.97 Å². The van der Waals surface area contributed by atoms with Gasteiger partial charge in [0.2, 0.25) is 0 Å². The average Bonchev–Trinajstić information content (AvgIpc) is 2.24. The Bertz CT molecular complexity index is 209. The first kappa shape index (κ1) is 16.4. The molecule has 0 fully saturated rings. The highest BCUT2D eigenvalue weighted by molar-refractivity contribution is 5.75. The summed E-state index contributed by atoms with van der Waals surface area (Å²) < 4.78 is 15.5. The van der Waals surface area contributed by atoms with Crippen LogP contribution in [0.1, 0.15) is 27.7 Å². The van der Waals surface area contributed by atoms with E-state index in [4.69, 9.17) is 14.2 Å². The molecule has 0 aliphatic rings. The Hall–Kier alpha value is -0.650. The monoisotopic (exact) mass is 247 g/mol. The molecule has 0 radical (unpaired) electrons. The van der Waals surface area contributed by atoms with Crippen molar-refractivity contribution in [2.24, 2.45) is 0 Å². The van der Waals surface area contributed by atoms with Crippen LogP contribution in [-0.2, 0) is 19.0 Å².